The molecule has 138 valence electrons. The van der Waals surface area contributed by atoms with Crippen molar-refractivity contribution >= 4 is 17.5 Å². The van der Waals surface area contributed by atoms with Gasteiger partial charge in [0.1, 0.15) is 5.69 Å². The fourth-order valence-electron chi connectivity index (χ4n) is 2.61. The lowest BCUT2D eigenvalue weighted by Crippen LogP contribution is -2.31. The topological polar surface area (TPSA) is 64.0 Å². The first-order valence-electron chi connectivity index (χ1n) is 8.67. The van der Waals surface area contributed by atoms with Crippen LogP contribution >= 0.6 is 11.6 Å². The molecule has 0 saturated carbocycles. The van der Waals surface area contributed by atoms with Crippen LogP contribution < -0.4 is 10.9 Å². The molecule has 1 aromatic heterocycles. The number of nitrogens with zero attached hydrogens (tertiary/aromatic N) is 2. The van der Waals surface area contributed by atoms with E-state index in [2.05, 4.69) is 10.4 Å². The molecule has 1 heterocycles. The molecule has 0 unspecified atom stereocenters. The quantitative estimate of drug-likeness (QED) is 0.713. The van der Waals surface area contributed by atoms with Gasteiger partial charge in [0.05, 0.1) is 6.54 Å². The number of carbonyl (C=O) groups is 1. The smallest absolute Gasteiger partial charge is 0.271 e. The highest BCUT2D eigenvalue weighted by atomic mass is 35.5. The number of nitrogens with one attached hydrogen (secondary N) is 1. The van der Waals surface area contributed by atoms with Gasteiger partial charge < -0.3 is 5.32 Å². The van der Waals surface area contributed by atoms with E-state index in [9.17, 15) is 9.59 Å². The Morgan fingerprint density at radius 3 is 2.37 bits per heavy atom. The van der Waals surface area contributed by atoms with Crippen LogP contribution in [0.2, 0.25) is 5.02 Å². The molecule has 3 rings (SSSR count). The maximum absolute atomic E-state index is 12.3. The Balaban J connectivity index is 1.63. The third-order valence-electron chi connectivity index (χ3n) is 4.16. The van der Waals surface area contributed by atoms with Crippen molar-refractivity contribution in [2.45, 2.75) is 19.9 Å². The molecule has 1 amide bonds. The van der Waals surface area contributed by atoms with Gasteiger partial charge >= 0.3 is 0 Å². The predicted molar refractivity (Wildman–Crippen MR) is 106 cm³/mol. The zero-order chi connectivity index (χ0) is 19.2. The van der Waals surface area contributed by atoms with Gasteiger partial charge in [-0.15, -0.1) is 0 Å². The summed E-state index contributed by atoms with van der Waals surface area (Å²) < 4.78 is 1.30. The number of halogens is 1. The summed E-state index contributed by atoms with van der Waals surface area (Å²) >= 11 is 5.86. The second kappa shape index (κ2) is 8.64. The van der Waals surface area contributed by atoms with E-state index in [0.29, 0.717) is 24.5 Å². The van der Waals surface area contributed by atoms with Crippen LogP contribution in [0.25, 0.3) is 0 Å². The van der Waals surface area contributed by atoms with Gasteiger partial charge in [-0.3, -0.25) is 9.59 Å². The third kappa shape index (κ3) is 5.28. The minimum absolute atomic E-state index is 0.220. The molecule has 2 aromatic carbocycles. The maximum Gasteiger partial charge on any atom is 0.271 e. The van der Waals surface area contributed by atoms with Gasteiger partial charge in [0, 0.05) is 17.6 Å². The zero-order valence-corrected chi connectivity index (χ0v) is 15.7. The van der Waals surface area contributed by atoms with Gasteiger partial charge in [0.15, 0.2) is 0 Å². The lowest BCUT2D eigenvalue weighted by atomic mass is 10.1. The second-order valence-corrected chi connectivity index (χ2v) is 6.77. The van der Waals surface area contributed by atoms with Gasteiger partial charge in [-0.2, -0.15) is 5.10 Å². The molecular formula is C21H20ClN3O2. The summed E-state index contributed by atoms with van der Waals surface area (Å²) in [7, 11) is 0. The summed E-state index contributed by atoms with van der Waals surface area (Å²) in [5, 5.41) is 7.72. The Bertz CT molecular complexity index is 980. The fourth-order valence-corrected chi connectivity index (χ4v) is 2.74. The SMILES string of the molecule is Cc1ccc(Cn2nc(C(=O)NCCc3ccc(Cl)cc3)ccc2=O)cc1. The number of rotatable bonds is 6. The van der Waals surface area contributed by atoms with Crippen molar-refractivity contribution in [3.63, 3.8) is 0 Å². The molecular weight excluding hydrogens is 362 g/mol. The highest BCUT2D eigenvalue weighted by molar-refractivity contribution is 6.30. The Morgan fingerprint density at radius 1 is 1.00 bits per heavy atom. The first-order chi connectivity index (χ1) is 13.0. The highest BCUT2D eigenvalue weighted by Crippen LogP contribution is 2.09. The third-order valence-corrected chi connectivity index (χ3v) is 4.42. The Hall–Kier alpha value is -2.92. The normalized spacial score (nSPS) is 10.6. The number of aryl methyl sites for hydroxylation is 1. The molecule has 0 bridgehead atoms. The van der Waals surface area contributed by atoms with E-state index in [0.717, 1.165) is 16.7 Å². The monoisotopic (exact) mass is 381 g/mol. The van der Waals surface area contributed by atoms with Gasteiger partial charge in [-0.25, -0.2) is 4.68 Å². The number of hydrogen-bond donors (Lipinski definition) is 1. The lowest BCUT2D eigenvalue weighted by Gasteiger charge is -2.08. The molecule has 0 atom stereocenters. The first-order valence-corrected chi connectivity index (χ1v) is 9.05. The molecule has 0 radical (unpaired) electrons. The molecule has 0 saturated heterocycles. The van der Waals surface area contributed by atoms with E-state index in [1.807, 2.05) is 55.5 Å². The number of amides is 1. The van der Waals surface area contributed by atoms with E-state index in [-0.39, 0.29) is 17.2 Å². The number of carbonyl (C=O) groups excluding carboxylic acids is 1. The molecule has 0 fully saturated rings. The molecule has 27 heavy (non-hydrogen) atoms. The number of benzene rings is 2. The lowest BCUT2D eigenvalue weighted by molar-refractivity contribution is 0.0946. The van der Waals surface area contributed by atoms with Crippen molar-refractivity contribution in [3.8, 4) is 0 Å². The highest BCUT2D eigenvalue weighted by Gasteiger charge is 2.09. The standard InChI is InChI=1S/C21H20ClN3O2/c1-15-2-4-17(5-3-15)14-25-20(26)11-10-19(24-25)21(27)23-13-12-16-6-8-18(22)9-7-16/h2-11H,12-14H2,1H3,(H,23,27). The van der Waals surface area contributed by atoms with Crippen molar-refractivity contribution < 1.29 is 4.79 Å². The average molecular weight is 382 g/mol. The van der Waals surface area contributed by atoms with Crippen molar-refractivity contribution in [1.29, 1.82) is 0 Å². The fraction of sp³-hybridized carbons (Fsp3) is 0.190. The summed E-state index contributed by atoms with van der Waals surface area (Å²) in [4.78, 5) is 24.4. The number of aromatic nitrogens is 2. The summed E-state index contributed by atoms with van der Waals surface area (Å²) in [6, 6.07) is 18.2. The zero-order valence-electron chi connectivity index (χ0n) is 15.0. The van der Waals surface area contributed by atoms with Crippen LogP contribution in [0.15, 0.2) is 65.5 Å². The van der Waals surface area contributed by atoms with Gasteiger partial charge in [-0.1, -0.05) is 53.6 Å². The van der Waals surface area contributed by atoms with E-state index >= 15 is 0 Å². The van der Waals surface area contributed by atoms with Crippen molar-refractivity contribution in [2.75, 3.05) is 6.54 Å². The summed E-state index contributed by atoms with van der Waals surface area (Å²) in [5.74, 6) is -0.304. The molecule has 1 N–H and O–H groups in total. The van der Waals surface area contributed by atoms with Gasteiger partial charge in [0.25, 0.3) is 11.5 Å². The van der Waals surface area contributed by atoms with E-state index < -0.39 is 0 Å². The summed E-state index contributed by atoms with van der Waals surface area (Å²) in [5.41, 5.74) is 3.16. The molecule has 0 aliphatic carbocycles. The van der Waals surface area contributed by atoms with Crippen molar-refractivity contribution in [3.05, 3.63) is 98.4 Å². The van der Waals surface area contributed by atoms with Crippen LogP contribution in [0.1, 0.15) is 27.2 Å². The molecule has 0 aliphatic rings. The summed E-state index contributed by atoms with van der Waals surface area (Å²) in [6.45, 7) is 2.80. The Labute approximate surface area is 162 Å². The molecule has 3 aromatic rings. The Morgan fingerprint density at radius 2 is 1.67 bits per heavy atom. The van der Waals surface area contributed by atoms with Crippen molar-refractivity contribution in [2.24, 2.45) is 0 Å². The first kappa shape index (κ1) is 18.9. The molecule has 0 aliphatic heterocycles. The predicted octanol–water partition coefficient (Wildman–Crippen LogP) is 3.23. The average Bonchev–Trinajstić information content (AvgIpc) is 2.67. The molecule has 6 heteroatoms. The van der Waals surface area contributed by atoms with Crippen molar-refractivity contribution in [1.82, 2.24) is 15.1 Å². The minimum atomic E-state index is -0.304. The van der Waals surface area contributed by atoms with E-state index in [1.165, 1.54) is 16.8 Å². The van der Waals surface area contributed by atoms with Gasteiger partial charge in [0.2, 0.25) is 0 Å². The van der Waals surface area contributed by atoms with Crippen LogP contribution in [0.4, 0.5) is 0 Å². The van der Waals surface area contributed by atoms with Gasteiger partial charge in [-0.05, 0) is 42.7 Å². The van der Waals surface area contributed by atoms with Crippen LogP contribution in [0.5, 0.6) is 0 Å². The summed E-state index contributed by atoms with van der Waals surface area (Å²) in [6.07, 6.45) is 0.686. The Kier molecular flexibility index (Phi) is 6.04. The van der Waals surface area contributed by atoms with E-state index in [4.69, 9.17) is 11.6 Å². The maximum atomic E-state index is 12.3. The van der Waals surface area contributed by atoms with Crippen LogP contribution in [-0.2, 0) is 13.0 Å². The molecule has 5 nitrogen and oxygen atoms in total. The van der Waals surface area contributed by atoms with Crippen LogP contribution in [0.3, 0.4) is 0 Å². The van der Waals surface area contributed by atoms with E-state index in [1.54, 1.807) is 0 Å². The largest absolute Gasteiger partial charge is 0.350 e. The minimum Gasteiger partial charge on any atom is -0.350 e. The number of hydrogen-bond acceptors (Lipinski definition) is 3. The second-order valence-electron chi connectivity index (χ2n) is 6.33. The van der Waals surface area contributed by atoms with Crippen LogP contribution in [0, 0.1) is 6.92 Å². The molecule has 0 spiro atoms. The van der Waals surface area contributed by atoms with Crippen LogP contribution in [-0.4, -0.2) is 22.2 Å².